The van der Waals surface area contributed by atoms with E-state index in [0.717, 1.165) is 16.0 Å². The molecule has 0 radical (unpaired) electrons. The fourth-order valence-electron chi connectivity index (χ4n) is 3.70. The van der Waals surface area contributed by atoms with E-state index >= 15 is 0 Å². The average molecular weight is 455 g/mol. The second-order valence-corrected chi connectivity index (χ2v) is 8.94. The van der Waals surface area contributed by atoms with E-state index in [2.05, 4.69) is 5.32 Å². The number of benzene rings is 2. The van der Waals surface area contributed by atoms with Crippen LogP contribution in [-0.4, -0.2) is 48.4 Å². The van der Waals surface area contributed by atoms with Gasteiger partial charge in [-0.15, -0.1) is 0 Å². The Labute approximate surface area is 193 Å². The van der Waals surface area contributed by atoms with Gasteiger partial charge in [0, 0.05) is 0 Å². The van der Waals surface area contributed by atoms with E-state index in [9.17, 15) is 14.4 Å². The van der Waals surface area contributed by atoms with Crippen LogP contribution in [0.25, 0.3) is 0 Å². The first-order chi connectivity index (χ1) is 15.6. The summed E-state index contributed by atoms with van der Waals surface area (Å²) in [5, 5.41) is 2.64. The molecular formula is C25H30N2O6. The van der Waals surface area contributed by atoms with Gasteiger partial charge in [0.2, 0.25) is 0 Å². The molecule has 3 rings (SSSR count). The molecule has 2 aromatic carbocycles. The number of nitrogens with zero attached hydrogens (tertiary/aromatic N) is 1. The third-order valence-corrected chi connectivity index (χ3v) is 5.17. The Kier molecular flexibility index (Phi) is 7.26. The number of cyclic esters (lactones) is 1. The molecule has 3 amide bonds. The molecule has 0 aliphatic carbocycles. The minimum Gasteiger partial charge on any atom is -0.496 e. The molecule has 1 aliphatic rings. The monoisotopic (exact) mass is 454 g/mol. The van der Waals surface area contributed by atoms with Gasteiger partial charge in [0.15, 0.2) is 0 Å². The van der Waals surface area contributed by atoms with Crippen molar-refractivity contribution in [1.82, 2.24) is 10.2 Å². The zero-order chi connectivity index (χ0) is 24.2. The molecule has 176 valence electrons. The van der Waals surface area contributed by atoms with Crippen LogP contribution >= 0.6 is 0 Å². The van der Waals surface area contributed by atoms with Crippen LogP contribution in [0.2, 0.25) is 0 Å². The number of methoxy groups -OCH3 is 1. The van der Waals surface area contributed by atoms with Crippen molar-refractivity contribution in [3.63, 3.8) is 0 Å². The maximum absolute atomic E-state index is 13.6. The number of carbonyl (C=O) groups excluding carboxylic acids is 3. The van der Waals surface area contributed by atoms with Crippen LogP contribution < -0.4 is 10.1 Å². The summed E-state index contributed by atoms with van der Waals surface area (Å²) in [6, 6.07) is 13.0. The quantitative estimate of drug-likeness (QED) is 0.704. The molecule has 2 unspecified atom stereocenters. The largest absolute Gasteiger partial charge is 0.496 e. The molecule has 1 heterocycles. The highest BCUT2D eigenvalue weighted by Crippen LogP contribution is 2.27. The number of hydrogen-bond donors (Lipinski definition) is 1. The Morgan fingerprint density at radius 1 is 1.18 bits per heavy atom. The van der Waals surface area contributed by atoms with E-state index in [4.69, 9.17) is 14.2 Å². The number of carbonyl (C=O) groups is 3. The number of nitrogens with one attached hydrogen (secondary N) is 1. The number of ether oxygens (including phenoxy) is 3. The zero-order valence-corrected chi connectivity index (χ0v) is 19.6. The van der Waals surface area contributed by atoms with Gasteiger partial charge in [0.05, 0.1) is 13.2 Å². The van der Waals surface area contributed by atoms with Crippen LogP contribution in [0.15, 0.2) is 48.5 Å². The minimum atomic E-state index is -1.15. The fraction of sp³-hybridized carbons (Fsp3) is 0.400. The molecule has 1 N–H and O–H groups in total. The molecule has 0 bridgehead atoms. The first-order valence-electron chi connectivity index (χ1n) is 10.8. The average Bonchev–Trinajstić information content (AvgIpc) is 3.11. The smallest absolute Gasteiger partial charge is 0.417 e. The van der Waals surface area contributed by atoms with Crippen molar-refractivity contribution in [1.29, 1.82) is 0 Å². The van der Waals surface area contributed by atoms with Gasteiger partial charge in [0.25, 0.3) is 5.91 Å². The number of rotatable bonds is 6. The molecule has 0 saturated carbocycles. The summed E-state index contributed by atoms with van der Waals surface area (Å²) in [5.41, 5.74) is 1.50. The van der Waals surface area contributed by atoms with Gasteiger partial charge in [-0.05, 0) is 62.9 Å². The van der Waals surface area contributed by atoms with Crippen molar-refractivity contribution in [2.75, 3.05) is 13.7 Å². The van der Waals surface area contributed by atoms with E-state index in [1.54, 1.807) is 46.1 Å². The van der Waals surface area contributed by atoms with Gasteiger partial charge in [-0.2, -0.15) is 0 Å². The number of aryl methyl sites for hydroxylation is 1. The lowest BCUT2D eigenvalue weighted by Crippen LogP contribution is -2.48. The van der Waals surface area contributed by atoms with Crippen LogP contribution in [-0.2, 0) is 20.7 Å². The normalized spacial score (nSPS) is 16.7. The molecule has 8 nitrogen and oxygen atoms in total. The predicted octanol–water partition coefficient (Wildman–Crippen LogP) is 4.16. The van der Waals surface area contributed by atoms with Gasteiger partial charge >= 0.3 is 12.2 Å². The fourth-order valence-corrected chi connectivity index (χ4v) is 3.70. The van der Waals surface area contributed by atoms with Crippen LogP contribution in [0, 0.1) is 6.92 Å². The first kappa shape index (κ1) is 24.1. The highest BCUT2D eigenvalue weighted by Gasteiger charge is 2.42. The van der Waals surface area contributed by atoms with Crippen LogP contribution in [0.4, 0.5) is 9.59 Å². The van der Waals surface area contributed by atoms with Crippen LogP contribution in [0.3, 0.4) is 0 Å². The van der Waals surface area contributed by atoms with Crippen molar-refractivity contribution in [3.05, 3.63) is 65.2 Å². The Hall–Kier alpha value is -3.55. The van der Waals surface area contributed by atoms with Gasteiger partial charge < -0.3 is 19.5 Å². The summed E-state index contributed by atoms with van der Waals surface area (Å²) in [6.07, 6.45) is -1.05. The molecular weight excluding hydrogens is 424 g/mol. The summed E-state index contributed by atoms with van der Waals surface area (Å²) in [5.74, 6) is 0.0543. The van der Waals surface area contributed by atoms with Gasteiger partial charge in [0.1, 0.15) is 24.0 Å². The summed E-state index contributed by atoms with van der Waals surface area (Å²) < 4.78 is 15.9. The highest BCUT2D eigenvalue weighted by atomic mass is 16.6. The van der Waals surface area contributed by atoms with Gasteiger partial charge in [-0.1, -0.05) is 36.4 Å². The summed E-state index contributed by atoms with van der Waals surface area (Å²) >= 11 is 0. The third kappa shape index (κ3) is 6.03. The summed E-state index contributed by atoms with van der Waals surface area (Å²) in [7, 11) is 1.55. The van der Waals surface area contributed by atoms with Crippen molar-refractivity contribution in [3.8, 4) is 5.75 Å². The van der Waals surface area contributed by atoms with E-state index in [1.807, 2.05) is 37.3 Å². The second kappa shape index (κ2) is 9.94. The Morgan fingerprint density at radius 2 is 1.88 bits per heavy atom. The van der Waals surface area contributed by atoms with Crippen LogP contribution in [0.1, 0.15) is 43.5 Å². The maximum Gasteiger partial charge on any atom is 0.417 e. The molecule has 1 saturated heterocycles. The topological polar surface area (TPSA) is 94.2 Å². The number of alkyl carbamates (subject to hydrolysis) is 1. The highest BCUT2D eigenvalue weighted by molar-refractivity contribution is 5.98. The minimum absolute atomic E-state index is 0.0836. The van der Waals surface area contributed by atoms with Gasteiger partial charge in [-0.3, -0.25) is 4.79 Å². The summed E-state index contributed by atoms with van der Waals surface area (Å²) in [4.78, 5) is 39.9. The van der Waals surface area contributed by atoms with Crippen LogP contribution in [0.5, 0.6) is 5.75 Å². The molecule has 8 heteroatoms. The van der Waals surface area contributed by atoms with Crippen molar-refractivity contribution < 1.29 is 28.6 Å². The lowest BCUT2D eigenvalue weighted by Gasteiger charge is -2.27. The predicted molar refractivity (Wildman–Crippen MR) is 122 cm³/mol. The number of imide groups is 1. The Bertz CT molecular complexity index is 1020. The van der Waals surface area contributed by atoms with E-state index < -0.39 is 35.8 Å². The van der Waals surface area contributed by atoms with Crippen molar-refractivity contribution >= 4 is 18.1 Å². The molecule has 2 atom stereocenters. The van der Waals surface area contributed by atoms with E-state index in [-0.39, 0.29) is 6.61 Å². The number of hydrogen-bond acceptors (Lipinski definition) is 6. The molecule has 1 fully saturated rings. The zero-order valence-electron chi connectivity index (χ0n) is 19.6. The lowest BCUT2D eigenvalue weighted by molar-refractivity contribution is -0.131. The Morgan fingerprint density at radius 3 is 2.48 bits per heavy atom. The summed E-state index contributed by atoms with van der Waals surface area (Å²) in [6.45, 7) is 7.11. The SMILES string of the molecule is COc1ccc(C(NC(=O)OC(C)(C)C)C(=O)N2C(=O)OCC2Cc2ccccc2)cc1C. The molecule has 1 aliphatic heterocycles. The third-order valence-electron chi connectivity index (χ3n) is 5.17. The Balaban J connectivity index is 1.92. The molecule has 0 spiro atoms. The van der Waals surface area contributed by atoms with Crippen molar-refractivity contribution in [2.45, 2.75) is 51.8 Å². The standard InChI is InChI=1S/C25H30N2O6/c1-16-13-18(11-12-20(16)31-5)21(26-23(29)33-25(2,3)4)22(28)27-19(15-32-24(27)30)14-17-9-7-6-8-10-17/h6-13,19,21H,14-15H2,1-5H3,(H,26,29). The van der Waals surface area contributed by atoms with E-state index in [0.29, 0.717) is 17.7 Å². The molecule has 0 aromatic heterocycles. The molecule has 33 heavy (non-hydrogen) atoms. The number of amides is 3. The van der Waals surface area contributed by atoms with Gasteiger partial charge in [-0.25, -0.2) is 14.5 Å². The van der Waals surface area contributed by atoms with E-state index in [1.165, 1.54) is 0 Å². The second-order valence-electron chi connectivity index (χ2n) is 8.94. The maximum atomic E-state index is 13.6. The lowest BCUT2D eigenvalue weighted by atomic mass is 10.0. The molecule has 2 aromatic rings. The van der Waals surface area contributed by atoms with Crippen molar-refractivity contribution in [2.24, 2.45) is 0 Å². The first-order valence-corrected chi connectivity index (χ1v) is 10.8.